The van der Waals surface area contributed by atoms with Crippen LogP contribution in [0, 0.1) is 17.7 Å². The SMILES string of the molecule is OC(Cc1cc(F)ccc1Cl)C1CCCC(C(F)(F)F)C1. The quantitative estimate of drug-likeness (QED) is 0.795. The molecule has 1 aromatic rings. The maximum absolute atomic E-state index is 13.2. The van der Waals surface area contributed by atoms with Crippen molar-refractivity contribution in [3.63, 3.8) is 0 Å². The molecule has 1 aliphatic rings. The lowest BCUT2D eigenvalue weighted by atomic mass is 9.77. The molecular formula is C15H17ClF4O. The van der Waals surface area contributed by atoms with Crippen LogP contribution in [-0.4, -0.2) is 17.4 Å². The summed E-state index contributed by atoms with van der Waals surface area (Å²) in [5.74, 6) is -2.25. The number of halogens is 5. The molecule has 3 unspecified atom stereocenters. The van der Waals surface area contributed by atoms with E-state index in [2.05, 4.69) is 0 Å². The molecule has 1 fully saturated rings. The molecular weight excluding hydrogens is 308 g/mol. The molecule has 0 bridgehead atoms. The third-order valence-electron chi connectivity index (χ3n) is 4.16. The summed E-state index contributed by atoms with van der Waals surface area (Å²) < 4.78 is 51.5. The number of hydrogen-bond acceptors (Lipinski definition) is 1. The lowest BCUT2D eigenvalue weighted by molar-refractivity contribution is -0.188. The molecule has 21 heavy (non-hydrogen) atoms. The van der Waals surface area contributed by atoms with Gasteiger partial charge in [0.15, 0.2) is 0 Å². The summed E-state index contributed by atoms with van der Waals surface area (Å²) in [4.78, 5) is 0. The van der Waals surface area contributed by atoms with E-state index in [1.165, 1.54) is 18.2 Å². The van der Waals surface area contributed by atoms with Crippen molar-refractivity contribution >= 4 is 11.6 Å². The molecule has 0 amide bonds. The normalized spacial score (nSPS) is 24.9. The van der Waals surface area contributed by atoms with Gasteiger partial charge in [-0.15, -0.1) is 0 Å². The van der Waals surface area contributed by atoms with Gasteiger partial charge in [0.2, 0.25) is 0 Å². The van der Waals surface area contributed by atoms with Crippen molar-refractivity contribution < 1.29 is 22.7 Å². The van der Waals surface area contributed by atoms with Gasteiger partial charge in [-0.05, 0) is 48.9 Å². The van der Waals surface area contributed by atoms with Crippen molar-refractivity contribution in [2.24, 2.45) is 11.8 Å². The molecule has 0 radical (unpaired) electrons. The van der Waals surface area contributed by atoms with E-state index >= 15 is 0 Å². The van der Waals surface area contributed by atoms with E-state index in [9.17, 15) is 22.7 Å². The predicted octanol–water partition coefficient (Wildman–Crippen LogP) is 4.75. The van der Waals surface area contributed by atoms with Crippen LogP contribution in [0.2, 0.25) is 5.02 Å². The summed E-state index contributed by atoms with van der Waals surface area (Å²) in [5, 5.41) is 10.5. The largest absolute Gasteiger partial charge is 0.392 e. The average molecular weight is 325 g/mol. The van der Waals surface area contributed by atoms with Gasteiger partial charge in [-0.3, -0.25) is 0 Å². The zero-order chi connectivity index (χ0) is 15.6. The summed E-state index contributed by atoms with van der Waals surface area (Å²) in [6.07, 6.45) is -4.02. The zero-order valence-electron chi connectivity index (χ0n) is 11.3. The van der Waals surface area contributed by atoms with Crippen molar-refractivity contribution in [3.8, 4) is 0 Å². The van der Waals surface area contributed by atoms with Gasteiger partial charge < -0.3 is 5.11 Å². The highest BCUT2D eigenvalue weighted by Gasteiger charge is 2.43. The molecule has 0 heterocycles. The van der Waals surface area contributed by atoms with Crippen molar-refractivity contribution in [3.05, 3.63) is 34.6 Å². The third-order valence-corrected chi connectivity index (χ3v) is 4.53. The van der Waals surface area contributed by atoms with Crippen LogP contribution in [0.3, 0.4) is 0 Å². The second-order valence-corrected chi connectivity index (χ2v) is 6.08. The van der Waals surface area contributed by atoms with E-state index in [-0.39, 0.29) is 19.3 Å². The summed E-state index contributed by atoms with van der Waals surface area (Å²) in [5.41, 5.74) is 0.429. The first kappa shape index (κ1) is 16.6. The van der Waals surface area contributed by atoms with Crippen molar-refractivity contribution in [1.82, 2.24) is 0 Å². The first-order valence-corrected chi connectivity index (χ1v) is 7.34. The molecule has 1 nitrogen and oxygen atoms in total. The van der Waals surface area contributed by atoms with Crippen LogP contribution in [0.4, 0.5) is 17.6 Å². The maximum atomic E-state index is 13.2. The van der Waals surface area contributed by atoms with E-state index in [0.717, 1.165) is 0 Å². The Hall–Kier alpha value is -0.810. The second-order valence-electron chi connectivity index (χ2n) is 5.67. The Morgan fingerprint density at radius 2 is 2.00 bits per heavy atom. The molecule has 6 heteroatoms. The number of rotatable bonds is 3. The van der Waals surface area contributed by atoms with Crippen LogP contribution in [-0.2, 0) is 6.42 Å². The Morgan fingerprint density at radius 1 is 1.29 bits per heavy atom. The van der Waals surface area contributed by atoms with E-state index < -0.39 is 29.9 Å². The number of benzene rings is 1. The molecule has 1 aliphatic carbocycles. The highest BCUT2D eigenvalue weighted by atomic mass is 35.5. The zero-order valence-corrected chi connectivity index (χ0v) is 12.1. The highest BCUT2D eigenvalue weighted by Crippen LogP contribution is 2.41. The summed E-state index contributed by atoms with van der Waals surface area (Å²) >= 11 is 5.92. The number of aliphatic hydroxyl groups is 1. The van der Waals surface area contributed by atoms with Crippen molar-refractivity contribution in [1.29, 1.82) is 0 Å². The van der Waals surface area contributed by atoms with E-state index in [0.29, 0.717) is 23.4 Å². The van der Waals surface area contributed by atoms with Gasteiger partial charge in [0, 0.05) is 11.4 Å². The Balaban J connectivity index is 2.02. The van der Waals surface area contributed by atoms with Crippen LogP contribution >= 0.6 is 11.6 Å². The average Bonchev–Trinajstić information content (AvgIpc) is 2.42. The minimum atomic E-state index is -4.21. The van der Waals surface area contributed by atoms with Crippen LogP contribution in [0.1, 0.15) is 31.2 Å². The number of aliphatic hydroxyl groups excluding tert-OH is 1. The fourth-order valence-electron chi connectivity index (χ4n) is 2.97. The van der Waals surface area contributed by atoms with Crippen LogP contribution < -0.4 is 0 Å². The first-order valence-electron chi connectivity index (χ1n) is 6.96. The van der Waals surface area contributed by atoms with Gasteiger partial charge >= 0.3 is 6.18 Å². The molecule has 0 aromatic heterocycles. The van der Waals surface area contributed by atoms with E-state index in [4.69, 9.17) is 11.6 Å². The summed E-state index contributed by atoms with van der Waals surface area (Å²) in [7, 11) is 0. The van der Waals surface area contributed by atoms with Crippen LogP contribution in [0.25, 0.3) is 0 Å². The fraction of sp³-hybridized carbons (Fsp3) is 0.600. The molecule has 2 rings (SSSR count). The van der Waals surface area contributed by atoms with Gasteiger partial charge in [-0.1, -0.05) is 18.0 Å². The molecule has 1 aromatic carbocycles. The Morgan fingerprint density at radius 3 is 2.67 bits per heavy atom. The molecule has 118 valence electrons. The topological polar surface area (TPSA) is 20.2 Å². The lowest BCUT2D eigenvalue weighted by Crippen LogP contribution is -2.34. The fourth-order valence-corrected chi connectivity index (χ4v) is 3.16. The maximum Gasteiger partial charge on any atom is 0.391 e. The predicted molar refractivity (Wildman–Crippen MR) is 72.6 cm³/mol. The van der Waals surface area contributed by atoms with Crippen LogP contribution in [0.15, 0.2) is 18.2 Å². The summed E-state index contributed by atoms with van der Waals surface area (Å²) in [6, 6.07) is 3.81. The Labute approximate surface area is 125 Å². The van der Waals surface area contributed by atoms with Gasteiger partial charge in [-0.2, -0.15) is 13.2 Å². The summed E-state index contributed by atoms with van der Waals surface area (Å²) in [6.45, 7) is 0. The van der Waals surface area contributed by atoms with Gasteiger partial charge in [0.05, 0.1) is 12.0 Å². The number of alkyl halides is 3. The highest BCUT2D eigenvalue weighted by molar-refractivity contribution is 6.31. The van der Waals surface area contributed by atoms with Crippen molar-refractivity contribution in [2.45, 2.75) is 44.4 Å². The van der Waals surface area contributed by atoms with E-state index in [1.807, 2.05) is 0 Å². The minimum Gasteiger partial charge on any atom is -0.392 e. The smallest absolute Gasteiger partial charge is 0.391 e. The van der Waals surface area contributed by atoms with Gasteiger partial charge in [0.1, 0.15) is 5.82 Å². The van der Waals surface area contributed by atoms with Crippen LogP contribution in [0.5, 0.6) is 0 Å². The van der Waals surface area contributed by atoms with Gasteiger partial charge in [-0.25, -0.2) is 4.39 Å². The molecule has 0 saturated heterocycles. The number of hydrogen-bond donors (Lipinski definition) is 1. The molecule has 0 spiro atoms. The molecule has 3 atom stereocenters. The standard InChI is InChI=1S/C15H17ClF4O/c16-13-5-4-12(17)7-10(13)8-14(21)9-2-1-3-11(6-9)15(18,19)20/h4-5,7,9,11,14,21H,1-3,6,8H2. The monoisotopic (exact) mass is 324 g/mol. The molecule has 0 aliphatic heterocycles. The third kappa shape index (κ3) is 4.33. The second kappa shape index (κ2) is 6.53. The minimum absolute atomic E-state index is 0.0718. The molecule has 1 saturated carbocycles. The molecule has 1 N–H and O–H groups in total. The Bertz CT molecular complexity index is 489. The van der Waals surface area contributed by atoms with E-state index in [1.54, 1.807) is 0 Å². The lowest BCUT2D eigenvalue weighted by Gasteiger charge is -2.33. The first-order chi connectivity index (χ1) is 9.77. The Kier molecular flexibility index (Phi) is 5.15. The van der Waals surface area contributed by atoms with Crippen molar-refractivity contribution in [2.75, 3.05) is 0 Å². The van der Waals surface area contributed by atoms with Gasteiger partial charge in [0.25, 0.3) is 0 Å².